The molecule has 3 aromatic carbocycles. The lowest BCUT2D eigenvalue weighted by molar-refractivity contribution is 0.749. The molecule has 0 N–H and O–H groups in total. The molecule has 1 aliphatic carbocycles. The Kier molecular flexibility index (Phi) is 7.11. The van der Waals surface area contributed by atoms with Crippen molar-refractivity contribution in [3.63, 3.8) is 0 Å². The summed E-state index contributed by atoms with van der Waals surface area (Å²) in [7, 11) is 0. The first kappa shape index (κ1) is 27.3. The molecular formula is C41H34N4. The van der Waals surface area contributed by atoms with Crippen LogP contribution < -0.4 is 0 Å². The molecule has 218 valence electrons. The summed E-state index contributed by atoms with van der Waals surface area (Å²) in [4.78, 5) is 19.1. The van der Waals surface area contributed by atoms with Crippen molar-refractivity contribution in [1.82, 2.24) is 9.97 Å². The first-order valence-electron chi connectivity index (χ1n) is 15.9. The lowest BCUT2D eigenvalue weighted by Gasteiger charge is -2.23. The van der Waals surface area contributed by atoms with E-state index < -0.39 is 0 Å². The maximum atomic E-state index is 5.02. The molecule has 45 heavy (non-hydrogen) atoms. The van der Waals surface area contributed by atoms with Crippen LogP contribution in [0.5, 0.6) is 0 Å². The minimum atomic E-state index is 0.530. The van der Waals surface area contributed by atoms with Gasteiger partial charge >= 0.3 is 0 Å². The Balaban J connectivity index is 1.35. The molecule has 0 spiro atoms. The van der Waals surface area contributed by atoms with Crippen LogP contribution in [0.25, 0.3) is 55.2 Å². The van der Waals surface area contributed by atoms with Crippen LogP contribution in [0.15, 0.2) is 132 Å². The van der Waals surface area contributed by atoms with Crippen molar-refractivity contribution >= 4 is 44.1 Å². The van der Waals surface area contributed by atoms with Crippen molar-refractivity contribution in [2.75, 3.05) is 0 Å². The fourth-order valence-electron chi connectivity index (χ4n) is 6.97. The summed E-state index contributed by atoms with van der Waals surface area (Å²) in [6.07, 6.45) is 21.7. The van der Waals surface area contributed by atoms with Gasteiger partial charge < -0.3 is 0 Å². The second-order valence-electron chi connectivity index (χ2n) is 12.2. The van der Waals surface area contributed by atoms with Crippen LogP contribution in [0, 0.1) is 5.92 Å². The summed E-state index contributed by atoms with van der Waals surface area (Å²) in [6, 6.07) is 26.1. The van der Waals surface area contributed by atoms with Gasteiger partial charge in [0, 0.05) is 30.4 Å². The van der Waals surface area contributed by atoms with Gasteiger partial charge in [-0.15, -0.1) is 0 Å². The summed E-state index contributed by atoms with van der Waals surface area (Å²) in [5.41, 5.74) is 11.6. The Bertz CT molecular complexity index is 2130. The highest BCUT2D eigenvalue weighted by Crippen LogP contribution is 2.44. The van der Waals surface area contributed by atoms with E-state index in [0.717, 1.165) is 60.5 Å². The van der Waals surface area contributed by atoms with Gasteiger partial charge in [-0.3, -0.25) is 20.0 Å². The van der Waals surface area contributed by atoms with Gasteiger partial charge in [0.15, 0.2) is 0 Å². The molecular weight excluding hydrogens is 548 g/mol. The Morgan fingerprint density at radius 3 is 2.20 bits per heavy atom. The second kappa shape index (κ2) is 11.7. The molecule has 4 heterocycles. The van der Waals surface area contributed by atoms with Crippen LogP contribution in [0.3, 0.4) is 0 Å². The van der Waals surface area contributed by atoms with Gasteiger partial charge in [0.05, 0.1) is 22.8 Å². The number of aromatic nitrogens is 2. The molecule has 2 aromatic heterocycles. The Labute approximate surface area is 264 Å². The highest BCUT2D eigenvalue weighted by Gasteiger charge is 2.22. The zero-order valence-electron chi connectivity index (χ0n) is 25.4. The van der Waals surface area contributed by atoms with Crippen molar-refractivity contribution in [2.24, 2.45) is 15.9 Å². The molecule has 0 saturated heterocycles. The zero-order valence-corrected chi connectivity index (χ0v) is 25.4. The molecule has 4 heteroatoms. The predicted molar refractivity (Wildman–Crippen MR) is 189 cm³/mol. The number of hydrogen-bond acceptors (Lipinski definition) is 4. The van der Waals surface area contributed by atoms with Crippen LogP contribution in [0.1, 0.15) is 50.2 Å². The van der Waals surface area contributed by atoms with Crippen LogP contribution in [0.4, 0.5) is 0 Å². The molecule has 0 saturated carbocycles. The number of fused-ring (bicyclic) bond motifs is 2. The smallest absolute Gasteiger partial charge is 0.0886 e. The standard InChI is InChI=1S/C41H34N4/c1-27-9-8-10-28(23-27)29-15-18-34-35(24-29)41(31-17-20-39(45-26-31)37-14-5-7-22-43-37)33-12-3-2-11-32(33)40(34)30-16-19-38(44-25-30)36-13-4-6-21-42-36/h2-4,6-13,15-16,18-19,21-22,24-27H,5,14,17,20,23H2,1H3. The molecule has 0 amide bonds. The summed E-state index contributed by atoms with van der Waals surface area (Å²) in [6.45, 7) is 2.29. The van der Waals surface area contributed by atoms with E-state index in [1.165, 1.54) is 49.4 Å². The van der Waals surface area contributed by atoms with Gasteiger partial charge in [0.25, 0.3) is 0 Å². The van der Waals surface area contributed by atoms with Crippen molar-refractivity contribution in [2.45, 2.75) is 39.0 Å². The molecule has 5 aromatic rings. The van der Waals surface area contributed by atoms with Crippen molar-refractivity contribution in [1.29, 1.82) is 0 Å². The van der Waals surface area contributed by atoms with E-state index >= 15 is 0 Å². The normalized spacial score (nSPS) is 18.0. The van der Waals surface area contributed by atoms with E-state index in [-0.39, 0.29) is 0 Å². The van der Waals surface area contributed by atoms with Crippen LogP contribution in [0.2, 0.25) is 0 Å². The first-order chi connectivity index (χ1) is 22.2. The number of pyridine rings is 2. The quantitative estimate of drug-likeness (QED) is 0.194. The minimum Gasteiger partial charge on any atom is -0.260 e. The number of aliphatic imine (C=N–C) groups is 2. The van der Waals surface area contributed by atoms with Crippen LogP contribution >= 0.6 is 0 Å². The third-order valence-corrected chi connectivity index (χ3v) is 9.20. The topological polar surface area (TPSA) is 50.5 Å². The summed E-state index contributed by atoms with van der Waals surface area (Å²) in [5, 5.41) is 4.98. The van der Waals surface area contributed by atoms with E-state index in [4.69, 9.17) is 9.98 Å². The molecule has 1 unspecified atom stereocenters. The lowest BCUT2D eigenvalue weighted by atomic mass is 9.82. The monoisotopic (exact) mass is 582 g/mol. The Morgan fingerprint density at radius 2 is 1.47 bits per heavy atom. The van der Waals surface area contributed by atoms with Crippen LogP contribution in [-0.2, 0) is 0 Å². The average Bonchev–Trinajstić information content (AvgIpc) is 3.11. The van der Waals surface area contributed by atoms with E-state index in [1.807, 2.05) is 36.8 Å². The summed E-state index contributed by atoms with van der Waals surface area (Å²) in [5.74, 6) is 0.530. The largest absolute Gasteiger partial charge is 0.260 e. The van der Waals surface area contributed by atoms with Gasteiger partial charge in [-0.1, -0.05) is 79.8 Å². The van der Waals surface area contributed by atoms with Crippen molar-refractivity contribution < 1.29 is 0 Å². The number of rotatable bonds is 5. The van der Waals surface area contributed by atoms with Gasteiger partial charge in [0.1, 0.15) is 0 Å². The summed E-state index contributed by atoms with van der Waals surface area (Å²) >= 11 is 0. The lowest BCUT2D eigenvalue weighted by Crippen LogP contribution is -2.17. The Morgan fingerprint density at radius 1 is 0.667 bits per heavy atom. The highest BCUT2D eigenvalue weighted by molar-refractivity contribution is 6.43. The fraction of sp³-hybridized carbons (Fsp3) is 0.171. The molecule has 4 nitrogen and oxygen atoms in total. The number of allylic oxidation sites excluding steroid dienone is 6. The van der Waals surface area contributed by atoms with Crippen molar-refractivity contribution in [3.05, 3.63) is 133 Å². The summed E-state index contributed by atoms with van der Waals surface area (Å²) < 4.78 is 0. The molecule has 1 atom stereocenters. The highest BCUT2D eigenvalue weighted by atomic mass is 14.8. The van der Waals surface area contributed by atoms with Gasteiger partial charge in [-0.2, -0.15) is 0 Å². The van der Waals surface area contributed by atoms with E-state index in [1.54, 1.807) is 0 Å². The van der Waals surface area contributed by atoms with Crippen LogP contribution in [-0.4, -0.2) is 21.4 Å². The third kappa shape index (κ3) is 5.17. The molecule has 2 aliphatic heterocycles. The molecule has 0 bridgehead atoms. The molecule has 0 fully saturated rings. The molecule has 0 radical (unpaired) electrons. The van der Waals surface area contributed by atoms with Gasteiger partial charge in [-0.05, 0) is 112 Å². The molecule has 3 aliphatic rings. The van der Waals surface area contributed by atoms with E-state index in [2.05, 4.69) is 102 Å². The number of nitrogens with zero attached hydrogens (tertiary/aromatic N) is 4. The molecule has 8 rings (SSSR count). The maximum Gasteiger partial charge on any atom is 0.0886 e. The Hall–Kier alpha value is -5.22. The first-order valence-corrected chi connectivity index (χ1v) is 15.9. The number of hydrogen-bond donors (Lipinski definition) is 0. The fourth-order valence-corrected chi connectivity index (χ4v) is 6.97. The predicted octanol–water partition coefficient (Wildman–Crippen LogP) is 10.4. The third-order valence-electron chi connectivity index (χ3n) is 9.20. The maximum absolute atomic E-state index is 5.02. The van der Waals surface area contributed by atoms with E-state index in [0.29, 0.717) is 5.92 Å². The number of benzene rings is 3. The van der Waals surface area contributed by atoms with Crippen molar-refractivity contribution in [3.8, 4) is 22.5 Å². The average molecular weight is 583 g/mol. The minimum absolute atomic E-state index is 0.530. The zero-order chi connectivity index (χ0) is 30.2. The van der Waals surface area contributed by atoms with Gasteiger partial charge in [0.2, 0.25) is 0 Å². The second-order valence-corrected chi connectivity index (χ2v) is 12.2. The van der Waals surface area contributed by atoms with E-state index in [9.17, 15) is 0 Å². The SMILES string of the molecule is CC1C=CC=C(c2ccc3c(-c4ccc(-c5ccccn5)nc4)c4ccccc4c(C4=CN=C(C5=NC=CCC5)CC4)c3c2)C1. The van der Waals surface area contributed by atoms with Gasteiger partial charge in [-0.25, -0.2) is 0 Å².